The van der Waals surface area contributed by atoms with Crippen molar-refractivity contribution in [2.75, 3.05) is 32.7 Å². The highest BCUT2D eigenvalue weighted by molar-refractivity contribution is 4.86. The van der Waals surface area contributed by atoms with Crippen LogP contribution in [0.2, 0.25) is 0 Å². The first kappa shape index (κ1) is 11.0. The van der Waals surface area contributed by atoms with E-state index in [2.05, 4.69) is 17.1 Å². The van der Waals surface area contributed by atoms with Gasteiger partial charge in [-0.25, -0.2) is 0 Å². The SMILES string of the molecule is C[C@@H]1CNC[C@H]1CN(CC1CC1)CC1CC1. The van der Waals surface area contributed by atoms with Crippen LogP contribution in [0.4, 0.5) is 0 Å². The van der Waals surface area contributed by atoms with E-state index >= 15 is 0 Å². The summed E-state index contributed by atoms with van der Waals surface area (Å²) in [7, 11) is 0. The van der Waals surface area contributed by atoms with E-state index in [1.54, 1.807) is 0 Å². The number of hydrogen-bond donors (Lipinski definition) is 1. The van der Waals surface area contributed by atoms with E-state index in [4.69, 9.17) is 0 Å². The third-order valence-corrected chi connectivity index (χ3v) is 4.60. The van der Waals surface area contributed by atoms with Crippen LogP contribution < -0.4 is 5.32 Å². The highest BCUT2D eigenvalue weighted by atomic mass is 15.1. The van der Waals surface area contributed by atoms with E-state index in [-0.39, 0.29) is 0 Å². The summed E-state index contributed by atoms with van der Waals surface area (Å²) in [6.45, 7) is 9.08. The maximum atomic E-state index is 3.54. The second-order valence-electron chi connectivity index (χ2n) is 6.50. The quantitative estimate of drug-likeness (QED) is 0.739. The van der Waals surface area contributed by atoms with E-state index in [0.29, 0.717) is 0 Å². The lowest BCUT2D eigenvalue weighted by Gasteiger charge is -2.27. The molecule has 2 heteroatoms. The van der Waals surface area contributed by atoms with Crippen molar-refractivity contribution in [3.8, 4) is 0 Å². The Morgan fingerprint density at radius 1 is 0.938 bits per heavy atom. The molecule has 3 fully saturated rings. The van der Waals surface area contributed by atoms with Crippen LogP contribution in [0.25, 0.3) is 0 Å². The summed E-state index contributed by atoms with van der Waals surface area (Å²) in [5, 5.41) is 3.54. The molecule has 3 rings (SSSR count). The Bertz CT molecular complexity index is 219. The highest BCUT2D eigenvalue weighted by Crippen LogP contribution is 2.34. The summed E-state index contributed by atoms with van der Waals surface area (Å²) < 4.78 is 0. The van der Waals surface area contributed by atoms with Crippen molar-refractivity contribution in [2.45, 2.75) is 32.6 Å². The first-order chi connectivity index (χ1) is 7.81. The van der Waals surface area contributed by atoms with Crippen LogP contribution in [0.15, 0.2) is 0 Å². The molecule has 1 aliphatic heterocycles. The third-order valence-electron chi connectivity index (χ3n) is 4.60. The Balaban J connectivity index is 1.49. The van der Waals surface area contributed by atoms with Gasteiger partial charge in [0.2, 0.25) is 0 Å². The van der Waals surface area contributed by atoms with E-state index in [9.17, 15) is 0 Å². The van der Waals surface area contributed by atoms with Crippen LogP contribution in [-0.4, -0.2) is 37.6 Å². The molecule has 0 aromatic rings. The minimum Gasteiger partial charge on any atom is -0.316 e. The van der Waals surface area contributed by atoms with Crippen LogP contribution in [0, 0.1) is 23.7 Å². The van der Waals surface area contributed by atoms with Gasteiger partial charge in [0, 0.05) is 19.6 Å². The van der Waals surface area contributed by atoms with Gasteiger partial charge in [0.1, 0.15) is 0 Å². The molecular weight excluding hydrogens is 196 g/mol. The second-order valence-corrected chi connectivity index (χ2v) is 6.50. The van der Waals surface area contributed by atoms with Gasteiger partial charge in [-0.15, -0.1) is 0 Å². The van der Waals surface area contributed by atoms with Crippen molar-refractivity contribution in [3.05, 3.63) is 0 Å². The Morgan fingerprint density at radius 3 is 2.00 bits per heavy atom. The fraction of sp³-hybridized carbons (Fsp3) is 1.00. The molecule has 3 aliphatic rings. The van der Waals surface area contributed by atoms with E-state index in [0.717, 1.165) is 23.7 Å². The highest BCUT2D eigenvalue weighted by Gasteiger charge is 2.32. The lowest BCUT2D eigenvalue weighted by molar-refractivity contribution is 0.203. The molecule has 1 heterocycles. The molecule has 2 aliphatic carbocycles. The van der Waals surface area contributed by atoms with Crippen molar-refractivity contribution in [3.63, 3.8) is 0 Å². The van der Waals surface area contributed by atoms with Gasteiger partial charge in [-0.05, 0) is 62.4 Å². The summed E-state index contributed by atoms with van der Waals surface area (Å²) in [5.74, 6) is 3.92. The van der Waals surface area contributed by atoms with Crippen LogP contribution >= 0.6 is 0 Å². The van der Waals surface area contributed by atoms with Gasteiger partial charge in [0.15, 0.2) is 0 Å². The van der Waals surface area contributed by atoms with Gasteiger partial charge < -0.3 is 10.2 Å². The zero-order chi connectivity index (χ0) is 11.0. The molecule has 0 aromatic carbocycles. The van der Waals surface area contributed by atoms with E-state index < -0.39 is 0 Å². The number of nitrogens with zero attached hydrogens (tertiary/aromatic N) is 1. The van der Waals surface area contributed by atoms with Gasteiger partial charge in [-0.1, -0.05) is 6.92 Å². The van der Waals surface area contributed by atoms with Gasteiger partial charge in [-0.2, -0.15) is 0 Å². The zero-order valence-electron chi connectivity index (χ0n) is 10.6. The Morgan fingerprint density at radius 2 is 1.56 bits per heavy atom. The fourth-order valence-electron chi connectivity index (χ4n) is 3.00. The number of nitrogens with one attached hydrogen (secondary N) is 1. The van der Waals surface area contributed by atoms with Gasteiger partial charge >= 0.3 is 0 Å². The first-order valence-corrected chi connectivity index (χ1v) is 7.24. The standard InChI is InChI=1S/C14H26N2/c1-11-6-15-7-14(11)10-16(8-12-2-3-12)9-13-4-5-13/h11-15H,2-10H2,1H3/t11-,14+/m1/s1. The number of rotatable bonds is 6. The third kappa shape index (κ3) is 2.98. The molecule has 0 radical (unpaired) electrons. The number of hydrogen-bond acceptors (Lipinski definition) is 2. The molecule has 2 atom stereocenters. The minimum atomic E-state index is 0.890. The molecule has 2 saturated carbocycles. The van der Waals surface area contributed by atoms with Gasteiger partial charge in [0.25, 0.3) is 0 Å². The average molecular weight is 222 g/mol. The molecule has 0 amide bonds. The molecule has 0 aromatic heterocycles. The van der Waals surface area contributed by atoms with Crippen LogP contribution in [-0.2, 0) is 0 Å². The molecule has 16 heavy (non-hydrogen) atoms. The minimum absolute atomic E-state index is 0.890. The smallest absolute Gasteiger partial charge is 0.00251 e. The predicted octanol–water partition coefficient (Wildman–Crippen LogP) is 1.96. The van der Waals surface area contributed by atoms with Crippen molar-refractivity contribution < 1.29 is 0 Å². The zero-order valence-corrected chi connectivity index (χ0v) is 10.6. The summed E-state index contributed by atoms with van der Waals surface area (Å²) in [4.78, 5) is 2.80. The van der Waals surface area contributed by atoms with Gasteiger partial charge in [-0.3, -0.25) is 0 Å². The van der Waals surface area contributed by atoms with Crippen molar-refractivity contribution in [1.29, 1.82) is 0 Å². The Hall–Kier alpha value is -0.0800. The van der Waals surface area contributed by atoms with Crippen molar-refractivity contribution in [1.82, 2.24) is 10.2 Å². The van der Waals surface area contributed by atoms with E-state index in [1.165, 1.54) is 58.4 Å². The molecule has 0 bridgehead atoms. The Kier molecular flexibility index (Phi) is 3.21. The normalized spacial score (nSPS) is 34.9. The lowest BCUT2D eigenvalue weighted by Crippen LogP contribution is -2.35. The fourth-order valence-corrected chi connectivity index (χ4v) is 3.00. The van der Waals surface area contributed by atoms with Gasteiger partial charge in [0.05, 0.1) is 0 Å². The summed E-state index contributed by atoms with van der Waals surface area (Å²) in [6, 6.07) is 0. The molecule has 0 unspecified atom stereocenters. The first-order valence-electron chi connectivity index (χ1n) is 7.24. The molecule has 0 spiro atoms. The maximum absolute atomic E-state index is 3.54. The van der Waals surface area contributed by atoms with Crippen molar-refractivity contribution >= 4 is 0 Å². The summed E-state index contributed by atoms with van der Waals surface area (Å²) in [5.41, 5.74) is 0. The average Bonchev–Trinajstić information content (AvgIpc) is 3.14. The molecule has 92 valence electrons. The predicted molar refractivity (Wildman–Crippen MR) is 67.4 cm³/mol. The topological polar surface area (TPSA) is 15.3 Å². The maximum Gasteiger partial charge on any atom is 0.00251 e. The summed E-state index contributed by atoms with van der Waals surface area (Å²) in [6.07, 6.45) is 6.00. The molecular formula is C14H26N2. The Labute approximate surface area is 99.8 Å². The summed E-state index contributed by atoms with van der Waals surface area (Å²) >= 11 is 0. The second kappa shape index (κ2) is 4.66. The monoisotopic (exact) mass is 222 g/mol. The van der Waals surface area contributed by atoms with Crippen LogP contribution in [0.3, 0.4) is 0 Å². The van der Waals surface area contributed by atoms with Crippen LogP contribution in [0.5, 0.6) is 0 Å². The van der Waals surface area contributed by atoms with Crippen LogP contribution in [0.1, 0.15) is 32.6 Å². The van der Waals surface area contributed by atoms with Crippen molar-refractivity contribution in [2.24, 2.45) is 23.7 Å². The van der Waals surface area contributed by atoms with E-state index in [1.807, 2.05) is 0 Å². The molecule has 1 N–H and O–H groups in total. The molecule has 2 nitrogen and oxygen atoms in total. The largest absolute Gasteiger partial charge is 0.316 e. The lowest BCUT2D eigenvalue weighted by atomic mass is 9.97. The molecule has 1 saturated heterocycles.